The van der Waals surface area contributed by atoms with Crippen LogP contribution >= 0.6 is 23.2 Å². The van der Waals surface area contributed by atoms with Gasteiger partial charge in [-0.2, -0.15) is 5.10 Å². The van der Waals surface area contributed by atoms with Gasteiger partial charge in [-0.15, -0.1) is 0 Å². The van der Waals surface area contributed by atoms with Gasteiger partial charge in [-0.1, -0.05) is 23.2 Å². The number of aromatic nitrogens is 2. The summed E-state index contributed by atoms with van der Waals surface area (Å²) in [5, 5.41) is 14.1. The van der Waals surface area contributed by atoms with E-state index in [1.165, 1.54) is 6.07 Å². The lowest BCUT2D eigenvalue weighted by atomic mass is 10.1. The molecule has 0 radical (unpaired) electrons. The molecule has 2 aromatic rings. The maximum atomic E-state index is 9.35. The summed E-state index contributed by atoms with van der Waals surface area (Å²) < 4.78 is 1.69. The van der Waals surface area contributed by atoms with E-state index in [1.54, 1.807) is 16.9 Å². The van der Waals surface area contributed by atoms with Gasteiger partial charge in [0, 0.05) is 24.9 Å². The summed E-state index contributed by atoms with van der Waals surface area (Å²) in [4.78, 5) is 0. The summed E-state index contributed by atoms with van der Waals surface area (Å²) in [6, 6.07) is 4.87. The molecule has 0 atom stereocenters. The van der Waals surface area contributed by atoms with Crippen LogP contribution in [0.15, 0.2) is 24.4 Å². The molecule has 0 bridgehead atoms. The average Bonchev–Trinajstić information content (AvgIpc) is 2.58. The van der Waals surface area contributed by atoms with Gasteiger partial charge in [-0.3, -0.25) is 4.68 Å². The van der Waals surface area contributed by atoms with Crippen LogP contribution in [0, 0.1) is 0 Å². The first-order valence-corrected chi connectivity index (χ1v) is 5.01. The second kappa shape index (κ2) is 3.76. The van der Waals surface area contributed by atoms with Crippen LogP contribution in [0.25, 0.3) is 11.3 Å². The summed E-state index contributed by atoms with van der Waals surface area (Å²) >= 11 is 11.8. The zero-order valence-electron chi connectivity index (χ0n) is 7.91. The minimum atomic E-state index is -0.0208. The van der Waals surface area contributed by atoms with Crippen molar-refractivity contribution < 1.29 is 5.11 Å². The van der Waals surface area contributed by atoms with Gasteiger partial charge in [0.1, 0.15) is 5.75 Å². The van der Waals surface area contributed by atoms with Crippen LogP contribution in [0.4, 0.5) is 0 Å². The van der Waals surface area contributed by atoms with E-state index in [0.29, 0.717) is 5.02 Å². The van der Waals surface area contributed by atoms with Gasteiger partial charge in [0.05, 0.1) is 15.7 Å². The maximum Gasteiger partial charge on any atom is 0.135 e. The number of benzene rings is 1. The third-order valence-corrected chi connectivity index (χ3v) is 2.75. The van der Waals surface area contributed by atoms with Crippen LogP contribution in [-0.2, 0) is 7.05 Å². The zero-order valence-corrected chi connectivity index (χ0v) is 9.42. The molecule has 15 heavy (non-hydrogen) atoms. The van der Waals surface area contributed by atoms with Crippen molar-refractivity contribution in [3.05, 3.63) is 34.4 Å². The largest absolute Gasteiger partial charge is 0.506 e. The Morgan fingerprint density at radius 2 is 2.00 bits per heavy atom. The predicted molar refractivity (Wildman–Crippen MR) is 60.3 cm³/mol. The Bertz CT molecular complexity index is 508. The first-order valence-electron chi connectivity index (χ1n) is 4.26. The van der Waals surface area contributed by atoms with E-state index in [0.717, 1.165) is 11.3 Å². The summed E-state index contributed by atoms with van der Waals surface area (Å²) in [5.41, 5.74) is 1.60. The first kappa shape index (κ1) is 10.3. The fourth-order valence-electron chi connectivity index (χ4n) is 1.37. The molecule has 1 aromatic carbocycles. The predicted octanol–water partition coefficient (Wildman–Crippen LogP) is 3.10. The molecular formula is C10H8Cl2N2O. The molecule has 0 fully saturated rings. The molecule has 5 heteroatoms. The van der Waals surface area contributed by atoms with Crippen molar-refractivity contribution in [3.63, 3.8) is 0 Å². The maximum absolute atomic E-state index is 9.35. The number of aromatic hydroxyl groups is 1. The first-order chi connectivity index (χ1) is 7.09. The minimum absolute atomic E-state index is 0.0208. The third-order valence-electron chi connectivity index (χ3n) is 2.13. The van der Waals surface area contributed by atoms with E-state index in [1.807, 2.05) is 13.1 Å². The van der Waals surface area contributed by atoms with Crippen LogP contribution in [0.2, 0.25) is 10.0 Å². The zero-order chi connectivity index (χ0) is 11.0. The Balaban J connectivity index is 2.64. The Morgan fingerprint density at radius 1 is 1.27 bits per heavy atom. The standard InChI is InChI=1S/C10H8Cl2N2O/c1-14-9(2-3-13-14)6-4-8(12)10(15)5-7(6)11/h2-5,15H,1H3. The number of halogens is 2. The molecule has 3 nitrogen and oxygen atoms in total. The monoisotopic (exact) mass is 242 g/mol. The topological polar surface area (TPSA) is 38.0 Å². The van der Waals surface area contributed by atoms with Gasteiger partial charge in [-0.25, -0.2) is 0 Å². The smallest absolute Gasteiger partial charge is 0.135 e. The quantitative estimate of drug-likeness (QED) is 0.835. The lowest BCUT2D eigenvalue weighted by Crippen LogP contribution is -1.93. The van der Waals surface area contributed by atoms with Gasteiger partial charge >= 0.3 is 0 Å². The number of phenols is 1. The lowest BCUT2D eigenvalue weighted by Gasteiger charge is -2.06. The number of aryl methyl sites for hydroxylation is 1. The van der Waals surface area contributed by atoms with E-state index in [2.05, 4.69) is 5.10 Å². The average molecular weight is 243 g/mol. The van der Waals surface area contributed by atoms with Crippen LogP contribution in [0.3, 0.4) is 0 Å². The van der Waals surface area contributed by atoms with E-state index in [4.69, 9.17) is 23.2 Å². The molecule has 1 heterocycles. The van der Waals surface area contributed by atoms with Crippen LogP contribution in [0.5, 0.6) is 5.75 Å². The molecule has 0 aliphatic carbocycles. The summed E-state index contributed by atoms with van der Waals surface area (Å²) in [6.45, 7) is 0. The number of rotatable bonds is 1. The minimum Gasteiger partial charge on any atom is -0.506 e. The second-order valence-electron chi connectivity index (χ2n) is 3.12. The summed E-state index contributed by atoms with van der Waals surface area (Å²) in [7, 11) is 1.81. The van der Waals surface area contributed by atoms with Crippen LogP contribution < -0.4 is 0 Å². The molecule has 0 aliphatic rings. The molecule has 78 valence electrons. The van der Waals surface area contributed by atoms with Crippen LogP contribution in [-0.4, -0.2) is 14.9 Å². The van der Waals surface area contributed by atoms with Gasteiger partial charge in [0.15, 0.2) is 0 Å². The Kier molecular flexibility index (Phi) is 2.59. The van der Waals surface area contributed by atoms with E-state index in [-0.39, 0.29) is 10.8 Å². The number of hydrogen-bond donors (Lipinski definition) is 1. The van der Waals surface area contributed by atoms with Crippen molar-refractivity contribution in [2.24, 2.45) is 7.05 Å². The SMILES string of the molecule is Cn1nccc1-c1cc(Cl)c(O)cc1Cl. The Hall–Kier alpha value is -1.19. The van der Waals surface area contributed by atoms with Gasteiger partial charge < -0.3 is 5.11 Å². The number of hydrogen-bond acceptors (Lipinski definition) is 2. The summed E-state index contributed by atoms with van der Waals surface area (Å²) in [6.07, 6.45) is 1.67. The second-order valence-corrected chi connectivity index (χ2v) is 3.94. The highest BCUT2D eigenvalue weighted by Gasteiger charge is 2.10. The fraction of sp³-hybridized carbons (Fsp3) is 0.100. The fourth-order valence-corrected chi connectivity index (χ4v) is 1.79. The molecule has 0 spiro atoms. The van der Waals surface area contributed by atoms with Crippen molar-refractivity contribution in [1.82, 2.24) is 9.78 Å². The molecule has 0 saturated heterocycles. The van der Waals surface area contributed by atoms with Crippen molar-refractivity contribution in [1.29, 1.82) is 0 Å². The third kappa shape index (κ3) is 1.80. The lowest BCUT2D eigenvalue weighted by molar-refractivity contribution is 0.475. The highest BCUT2D eigenvalue weighted by atomic mass is 35.5. The molecule has 2 rings (SSSR count). The highest BCUT2D eigenvalue weighted by molar-refractivity contribution is 6.36. The Morgan fingerprint density at radius 3 is 2.60 bits per heavy atom. The summed E-state index contributed by atoms with van der Waals surface area (Å²) in [5.74, 6) is -0.0208. The molecule has 1 N–H and O–H groups in total. The molecule has 0 amide bonds. The molecule has 0 aliphatic heterocycles. The number of phenolic OH excluding ortho intramolecular Hbond substituents is 1. The molecule has 0 saturated carbocycles. The molecule has 0 unspecified atom stereocenters. The van der Waals surface area contributed by atoms with Gasteiger partial charge in [-0.05, 0) is 12.1 Å². The van der Waals surface area contributed by atoms with Crippen molar-refractivity contribution >= 4 is 23.2 Å². The van der Waals surface area contributed by atoms with E-state index >= 15 is 0 Å². The Labute approximate surface area is 96.9 Å². The van der Waals surface area contributed by atoms with Crippen molar-refractivity contribution in [3.8, 4) is 17.0 Å². The van der Waals surface area contributed by atoms with E-state index < -0.39 is 0 Å². The van der Waals surface area contributed by atoms with Crippen molar-refractivity contribution in [2.45, 2.75) is 0 Å². The molecular weight excluding hydrogens is 235 g/mol. The number of nitrogens with zero attached hydrogens (tertiary/aromatic N) is 2. The molecule has 1 aromatic heterocycles. The highest BCUT2D eigenvalue weighted by Crippen LogP contribution is 2.35. The van der Waals surface area contributed by atoms with Crippen molar-refractivity contribution in [2.75, 3.05) is 0 Å². The van der Waals surface area contributed by atoms with E-state index in [9.17, 15) is 5.11 Å². The normalized spacial score (nSPS) is 10.6. The van der Waals surface area contributed by atoms with Gasteiger partial charge in [0.2, 0.25) is 0 Å². The van der Waals surface area contributed by atoms with Crippen LogP contribution in [0.1, 0.15) is 0 Å². The van der Waals surface area contributed by atoms with Gasteiger partial charge in [0.25, 0.3) is 0 Å².